The summed E-state index contributed by atoms with van der Waals surface area (Å²) in [5, 5.41) is 2.97. The van der Waals surface area contributed by atoms with E-state index < -0.39 is 0 Å². The van der Waals surface area contributed by atoms with Crippen LogP contribution in [0.15, 0.2) is 71.3 Å². The number of halogens is 1. The molecule has 2 amide bonds. The number of nitrogens with one attached hydrogen (secondary N) is 1. The number of benzene rings is 2. The Labute approximate surface area is 180 Å². The van der Waals surface area contributed by atoms with Gasteiger partial charge >= 0.3 is 6.03 Å². The molecule has 0 bridgehead atoms. The van der Waals surface area contributed by atoms with Gasteiger partial charge in [-0.05, 0) is 48.9 Å². The molecule has 3 aromatic rings. The Morgan fingerprint density at radius 1 is 1.10 bits per heavy atom. The molecule has 0 aliphatic carbocycles. The van der Waals surface area contributed by atoms with E-state index in [-0.39, 0.29) is 6.03 Å². The zero-order valence-electron chi connectivity index (χ0n) is 16.8. The molecule has 0 saturated carbocycles. The molecule has 1 heterocycles. The second-order valence-corrected chi connectivity index (χ2v) is 7.88. The van der Waals surface area contributed by atoms with E-state index >= 15 is 0 Å². The number of anilines is 1. The topological polar surface area (TPSA) is 46.5 Å². The lowest BCUT2D eigenvalue weighted by Gasteiger charge is -2.24. The fraction of sp³-hybridized carbons (Fsp3) is 0.261. The molecule has 152 valence electrons. The zero-order valence-corrected chi connectivity index (χ0v) is 18.4. The van der Waals surface area contributed by atoms with Crippen LogP contribution in [0.1, 0.15) is 16.8 Å². The number of ether oxygens (including phenoxy) is 1. The average Bonchev–Trinajstić information content (AvgIpc) is 3.15. The summed E-state index contributed by atoms with van der Waals surface area (Å²) in [6.45, 7) is 4.35. The number of hydrogen-bond acceptors (Lipinski definition) is 2. The van der Waals surface area contributed by atoms with Crippen LogP contribution in [-0.2, 0) is 17.8 Å². The average molecular weight is 456 g/mol. The number of aromatic nitrogens is 1. The summed E-state index contributed by atoms with van der Waals surface area (Å²) in [6, 6.07) is 20.0. The van der Waals surface area contributed by atoms with Crippen LogP contribution in [0.4, 0.5) is 10.5 Å². The maximum Gasteiger partial charge on any atom is 0.322 e. The van der Waals surface area contributed by atoms with Crippen LogP contribution in [0.3, 0.4) is 0 Å². The van der Waals surface area contributed by atoms with Crippen LogP contribution in [0.2, 0.25) is 0 Å². The first-order chi connectivity index (χ1) is 14.0. The summed E-state index contributed by atoms with van der Waals surface area (Å²) in [6.07, 6.45) is 2.05. The van der Waals surface area contributed by atoms with E-state index in [1.54, 1.807) is 12.0 Å². The third-order valence-electron chi connectivity index (χ3n) is 4.70. The second kappa shape index (κ2) is 10.3. The highest BCUT2D eigenvalue weighted by Gasteiger charge is 2.16. The minimum Gasteiger partial charge on any atom is -0.383 e. The molecular formula is C23H26BrN3O2. The number of nitrogens with zero attached hydrogens (tertiary/aromatic N) is 2. The van der Waals surface area contributed by atoms with Crippen LogP contribution in [0, 0.1) is 6.92 Å². The highest BCUT2D eigenvalue weighted by atomic mass is 79.9. The predicted molar refractivity (Wildman–Crippen MR) is 120 cm³/mol. The molecular weight excluding hydrogens is 430 g/mol. The Balaban J connectivity index is 1.71. The lowest BCUT2D eigenvalue weighted by atomic mass is 10.1. The Morgan fingerprint density at radius 2 is 1.83 bits per heavy atom. The monoisotopic (exact) mass is 455 g/mol. The van der Waals surface area contributed by atoms with Gasteiger partial charge < -0.3 is 19.5 Å². The van der Waals surface area contributed by atoms with Crippen LogP contribution in [0.25, 0.3) is 0 Å². The van der Waals surface area contributed by atoms with Crippen molar-refractivity contribution in [1.29, 1.82) is 0 Å². The number of carbonyl (C=O) groups excluding carboxylic acids is 1. The second-order valence-electron chi connectivity index (χ2n) is 6.96. The van der Waals surface area contributed by atoms with Crippen molar-refractivity contribution in [3.8, 4) is 0 Å². The number of urea groups is 1. The van der Waals surface area contributed by atoms with E-state index in [1.807, 2.05) is 30.3 Å². The van der Waals surface area contributed by atoms with E-state index in [0.717, 1.165) is 22.4 Å². The highest BCUT2D eigenvalue weighted by molar-refractivity contribution is 9.10. The first-order valence-corrected chi connectivity index (χ1v) is 10.3. The van der Waals surface area contributed by atoms with Gasteiger partial charge in [0.15, 0.2) is 0 Å². The standard InChI is InChI=1S/C23H26BrN3O2/c1-18-5-7-19(8-6-18)16-26-13-3-4-22(26)17-27(14-15-29-2)23(28)25-21-11-9-20(24)10-12-21/h3-13H,14-17H2,1-2H3,(H,25,28). The van der Waals surface area contributed by atoms with Crippen molar-refractivity contribution in [1.82, 2.24) is 9.47 Å². The van der Waals surface area contributed by atoms with Crippen LogP contribution >= 0.6 is 15.9 Å². The van der Waals surface area contributed by atoms with Gasteiger partial charge in [0.25, 0.3) is 0 Å². The number of amides is 2. The zero-order chi connectivity index (χ0) is 20.6. The Hall–Kier alpha value is -2.57. The largest absolute Gasteiger partial charge is 0.383 e. The molecule has 1 aromatic heterocycles. The SMILES string of the molecule is COCCN(Cc1cccn1Cc1ccc(C)cc1)C(=O)Nc1ccc(Br)cc1. The Bertz CT molecular complexity index is 920. The van der Waals surface area contributed by atoms with Crippen molar-refractivity contribution in [3.63, 3.8) is 0 Å². The van der Waals surface area contributed by atoms with Gasteiger partial charge in [-0.15, -0.1) is 0 Å². The van der Waals surface area contributed by atoms with Crippen molar-refractivity contribution in [2.75, 3.05) is 25.6 Å². The summed E-state index contributed by atoms with van der Waals surface area (Å²) in [5.41, 5.74) is 4.32. The fourth-order valence-electron chi connectivity index (χ4n) is 3.02. The van der Waals surface area contributed by atoms with Crippen LogP contribution in [-0.4, -0.2) is 35.8 Å². The van der Waals surface area contributed by atoms with Crippen molar-refractivity contribution in [2.45, 2.75) is 20.0 Å². The fourth-order valence-corrected chi connectivity index (χ4v) is 3.29. The molecule has 0 fully saturated rings. The lowest BCUT2D eigenvalue weighted by Crippen LogP contribution is -2.37. The molecule has 3 rings (SSSR count). The molecule has 1 N–H and O–H groups in total. The molecule has 0 aliphatic heterocycles. The molecule has 0 saturated heterocycles. The third-order valence-corrected chi connectivity index (χ3v) is 5.23. The van der Waals surface area contributed by atoms with Crippen molar-refractivity contribution < 1.29 is 9.53 Å². The predicted octanol–water partition coefficient (Wildman–Crippen LogP) is 5.29. The molecule has 0 unspecified atom stereocenters. The maximum atomic E-state index is 12.9. The number of rotatable bonds is 8. The third kappa shape index (κ3) is 6.21. The Kier molecular flexibility index (Phi) is 7.49. The number of aryl methyl sites for hydroxylation is 1. The smallest absolute Gasteiger partial charge is 0.322 e. The molecule has 0 aliphatic rings. The van der Waals surface area contributed by atoms with Gasteiger partial charge in [0, 0.05) is 42.3 Å². The number of carbonyl (C=O) groups is 1. The molecule has 0 radical (unpaired) electrons. The first-order valence-electron chi connectivity index (χ1n) is 9.55. The van der Waals surface area contributed by atoms with Gasteiger partial charge in [0.05, 0.1) is 13.2 Å². The lowest BCUT2D eigenvalue weighted by molar-refractivity contribution is 0.152. The quantitative estimate of drug-likeness (QED) is 0.501. The summed E-state index contributed by atoms with van der Waals surface area (Å²) >= 11 is 3.41. The summed E-state index contributed by atoms with van der Waals surface area (Å²) in [5.74, 6) is 0. The van der Waals surface area contributed by atoms with Gasteiger partial charge in [-0.25, -0.2) is 4.79 Å². The van der Waals surface area contributed by atoms with Crippen LogP contribution in [0.5, 0.6) is 0 Å². The minimum absolute atomic E-state index is 0.146. The molecule has 0 spiro atoms. The molecule has 29 heavy (non-hydrogen) atoms. The minimum atomic E-state index is -0.146. The number of hydrogen-bond donors (Lipinski definition) is 1. The van der Waals surface area contributed by atoms with E-state index in [9.17, 15) is 4.79 Å². The highest BCUT2D eigenvalue weighted by Crippen LogP contribution is 2.16. The van der Waals surface area contributed by atoms with E-state index in [1.165, 1.54) is 11.1 Å². The molecule has 0 atom stereocenters. The molecule has 5 nitrogen and oxygen atoms in total. The van der Waals surface area contributed by atoms with Gasteiger partial charge in [0.1, 0.15) is 0 Å². The van der Waals surface area contributed by atoms with Gasteiger partial charge in [0.2, 0.25) is 0 Å². The normalized spacial score (nSPS) is 10.7. The van der Waals surface area contributed by atoms with Crippen molar-refractivity contribution in [3.05, 3.63) is 88.2 Å². The van der Waals surface area contributed by atoms with Gasteiger partial charge in [-0.3, -0.25) is 0 Å². The Morgan fingerprint density at radius 3 is 2.52 bits per heavy atom. The molecule has 2 aromatic carbocycles. The number of methoxy groups -OCH3 is 1. The van der Waals surface area contributed by atoms with Gasteiger partial charge in [-0.2, -0.15) is 0 Å². The van der Waals surface area contributed by atoms with Gasteiger partial charge in [-0.1, -0.05) is 45.8 Å². The summed E-state index contributed by atoms with van der Waals surface area (Å²) in [7, 11) is 1.64. The van der Waals surface area contributed by atoms with E-state index in [4.69, 9.17) is 4.74 Å². The van der Waals surface area contributed by atoms with E-state index in [2.05, 4.69) is 69.3 Å². The van der Waals surface area contributed by atoms with Crippen LogP contribution < -0.4 is 5.32 Å². The maximum absolute atomic E-state index is 12.9. The van der Waals surface area contributed by atoms with Crippen molar-refractivity contribution >= 4 is 27.6 Å². The summed E-state index contributed by atoms with van der Waals surface area (Å²) < 4.78 is 8.36. The van der Waals surface area contributed by atoms with Crippen molar-refractivity contribution in [2.24, 2.45) is 0 Å². The molecule has 6 heteroatoms. The first kappa shape index (κ1) is 21.1. The summed E-state index contributed by atoms with van der Waals surface area (Å²) in [4.78, 5) is 14.6. The van der Waals surface area contributed by atoms with E-state index in [0.29, 0.717) is 19.7 Å².